The minimum Gasteiger partial charge on any atom is -0.364 e. The van der Waals surface area contributed by atoms with E-state index in [1.165, 1.54) is 0 Å². The molecule has 0 saturated carbocycles. The lowest BCUT2D eigenvalue weighted by atomic mass is 10.2. The highest BCUT2D eigenvalue weighted by Crippen LogP contribution is 2.29. The van der Waals surface area contributed by atoms with Crippen molar-refractivity contribution in [1.82, 2.24) is 19.5 Å². The van der Waals surface area contributed by atoms with E-state index in [0.717, 1.165) is 5.56 Å². The summed E-state index contributed by atoms with van der Waals surface area (Å²) in [5.41, 5.74) is 0.448. The summed E-state index contributed by atoms with van der Waals surface area (Å²) in [6.07, 6.45) is -4.00. The van der Waals surface area contributed by atoms with Crippen LogP contribution >= 0.6 is 23.2 Å². The summed E-state index contributed by atoms with van der Waals surface area (Å²) in [5, 5.41) is 3.19. The molecule has 3 rings (SSSR count). The van der Waals surface area contributed by atoms with E-state index in [0.29, 0.717) is 17.9 Å². The second-order valence-corrected chi connectivity index (χ2v) is 5.35. The summed E-state index contributed by atoms with van der Waals surface area (Å²) in [6.45, 7) is 0.318. The Balaban J connectivity index is 1.94. The lowest BCUT2D eigenvalue weighted by Crippen LogP contribution is -2.16. The Hall–Kier alpha value is -2.06. The fraction of sp³-hybridized carbons (Fsp3) is 0.154. The van der Waals surface area contributed by atoms with Crippen molar-refractivity contribution in [3.63, 3.8) is 0 Å². The third kappa shape index (κ3) is 3.32. The molecule has 120 valence electrons. The van der Waals surface area contributed by atoms with Gasteiger partial charge in [0.25, 0.3) is 0 Å². The molecule has 5 nitrogen and oxygen atoms in total. The molecule has 23 heavy (non-hydrogen) atoms. The van der Waals surface area contributed by atoms with Crippen LogP contribution in [0, 0.1) is 0 Å². The molecular formula is C13H8Cl2F3N5. The molecule has 1 N–H and O–H groups in total. The first-order valence-electron chi connectivity index (χ1n) is 6.31. The van der Waals surface area contributed by atoms with E-state index < -0.39 is 11.9 Å². The minimum absolute atomic E-state index is 0.0106. The van der Waals surface area contributed by atoms with Gasteiger partial charge in [0.2, 0.25) is 5.28 Å². The maximum atomic E-state index is 12.9. The number of anilines is 1. The smallest absolute Gasteiger partial charge is 0.364 e. The molecule has 0 atom stereocenters. The van der Waals surface area contributed by atoms with Crippen LogP contribution in [-0.2, 0) is 12.8 Å². The molecule has 2 aromatic heterocycles. The Morgan fingerprint density at radius 3 is 2.43 bits per heavy atom. The van der Waals surface area contributed by atoms with E-state index in [4.69, 9.17) is 23.2 Å². The Kier molecular flexibility index (Phi) is 4.03. The van der Waals surface area contributed by atoms with Crippen LogP contribution in [0.4, 0.5) is 19.0 Å². The number of benzene rings is 1. The predicted octanol–water partition coefficient (Wildman–Crippen LogP) is 4.22. The van der Waals surface area contributed by atoms with Crippen molar-refractivity contribution in [2.75, 3.05) is 5.32 Å². The van der Waals surface area contributed by atoms with E-state index >= 15 is 0 Å². The average molecular weight is 362 g/mol. The van der Waals surface area contributed by atoms with Crippen molar-refractivity contribution in [3.05, 3.63) is 46.5 Å². The molecule has 2 heterocycles. The van der Waals surface area contributed by atoms with Gasteiger partial charge in [0, 0.05) is 11.6 Å². The van der Waals surface area contributed by atoms with Crippen LogP contribution in [0.3, 0.4) is 0 Å². The monoisotopic (exact) mass is 361 g/mol. The van der Waals surface area contributed by atoms with Crippen molar-refractivity contribution in [3.8, 4) is 0 Å². The first-order chi connectivity index (χ1) is 10.8. The van der Waals surface area contributed by atoms with E-state index in [1.54, 1.807) is 24.3 Å². The largest absolute Gasteiger partial charge is 0.491 e. The number of halogens is 5. The highest BCUT2D eigenvalue weighted by molar-refractivity contribution is 6.30. The zero-order valence-corrected chi connectivity index (χ0v) is 12.8. The number of hydrogen-bond donors (Lipinski definition) is 1. The van der Waals surface area contributed by atoms with E-state index in [2.05, 4.69) is 20.3 Å². The summed E-state index contributed by atoms with van der Waals surface area (Å²) in [6, 6.07) is 6.98. The van der Waals surface area contributed by atoms with Crippen molar-refractivity contribution in [2.45, 2.75) is 12.8 Å². The van der Waals surface area contributed by atoms with Gasteiger partial charge in [-0.2, -0.15) is 9.97 Å². The zero-order valence-electron chi connectivity index (χ0n) is 11.3. The predicted molar refractivity (Wildman–Crippen MR) is 80.4 cm³/mol. The Morgan fingerprint density at radius 2 is 1.78 bits per heavy atom. The standard InChI is InChI=1S/C13H8Cl2F3N5/c14-8-3-1-7(2-4-8)5-19-10-9-11(22-12(15)21-10)23(6-20-9)13(16,17)18/h1-4,6H,5H2,(H,19,21,22). The summed E-state index contributed by atoms with van der Waals surface area (Å²) in [4.78, 5) is 11.2. The lowest BCUT2D eigenvalue weighted by Gasteiger charge is -2.09. The molecular weight excluding hydrogens is 354 g/mol. The third-order valence-electron chi connectivity index (χ3n) is 3.02. The fourth-order valence-electron chi connectivity index (χ4n) is 1.97. The molecule has 0 saturated heterocycles. The minimum atomic E-state index is -4.64. The summed E-state index contributed by atoms with van der Waals surface area (Å²) in [7, 11) is 0. The number of rotatable bonds is 3. The number of fused-ring (bicyclic) bond motifs is 1. The molecule has 0 bridgehead atoms. The second kappa shape index (κ2) is 5.86. The number of nitrogens with zero attached hydrogens (tertiary/aromatic N) is 4. The Bertz CT molecular complexity index is 845. The molecule has 0 aliphatic carbocycles. The molecule has 1 aromatic carbocycles. The Labute approximate surface area is 138 Å². The summed E-state index contributed by atoms with van der Waals surface area (Å²) >= 11 is 11.5. The third-order valence-corrected chi connectivity index (χ3v) is 3.44. The van der Waals surface area contributed by atoms with Crippen molar-refractivity contribution >= 4 is 40.2 Å². The van der Waals surface area contributed by atoms with Crippen LogP contribution < -0.4 is 5.32 Å². The molecule has 10 heteroatoms. The van der Waals surface area contributed by atoms with Crippen LogP contribution in [0.25, 0.3) is 11.2 Å². The van der Waals surface area contributed by atoms with Crippen LogP contribution in [0.15, 0.2) is 30.6 Å². The average Bonchev–Trinajstić information content (AvgIpc) is 2.90. The summed E-state index contributed by atoms with van der Waals surface area (Å²) < 4.78 is 38.7. The van der Waals surface area contributed by atoms with Crippen LogP contribution in [0.1, 0.15) is 5.56 Å². The Morgan fingerprint density at radius 1 is 1.09 bits per heavy atom. The number of aromatic nitrogens is 4. The molecule has 0 unspecified atom stereocenters. The first-order valence-corrected chi connectivity index (χ1v) is 7.06. The van der Waals surface area contributed by atoms with Crippen LogP contribution in [0.2, 0.25) is 10.3 Å². The lowest BCUT2D eigenvalue weighted by molar-refractivity contribution is -0.201. The number of alkyl halides is 3. The normalized spacial score (nSPS) is 11.9. The fourth-order valence-corrected chi connectivity index (χ4v) is 2.26. The van der Waals surface area contributed by atoms with Gasteiger partial charge < -0.3 is 5.32 Å². The maximum absolute atomic E-state index is 12.9. The molecule has 0 aliphatic heterocycles. The second-order valence-electron chi connectivity index (χ2n) is 4.58. The van der Waals surface area contributed by atoms with Crippen molar-refractivity contribution in [1.29, 1.82) is 0 Å². The van der Waals surface area contributed by atoms with Gasteiger partial charge in [-0.05, 0) is 29.3 Å². The van der Waals surface area contributed by atoms with Gasteiger partial charge in [-0.1, -0.05) is 23.7 Å². The van der Waals surface area contributed by atoms with Crippen LogP contribution in [0.5, 0.6) is 0 Å². The van der Waals surface area contributed by atoms with Gasteiger partial charge in [-0.15, -0.1) is 13.2 Å². The van der Waals surface area contributed by atoms with E-state index in [9.17, 15) is 13.2 Å². The molecule has 0 aliphatic rings. The highest BCUT2D eigenvalue weighted by atomic mass is 35.5. The number of hydrogen-bond acceptors (Lipinski definition) is 4. The van der Waals surface area contributed by atoms with Gasteiger partial charge in [0.15, 0.2) is 17.0 Å². The quantitative estimate of drug-likeness (QED) is 0.709. The maximum Gasteiger partial charge on any atom is 0.491 e. The topological polar surface area (TPSA) is 55.6 Å². The summed E-state index contributed by atoms with van der Waals surface area (Å²) in [5.74, 6) is 0.123. The van der Waals surface area contributed by atoms with Crippen LogP contribution in [-0.4, -0.2) is 19.5 Å². The molecule has 0 spiro atoms. The van der Waals surface area contributed by atoms with Gasteiger partial charge in [-0.25, -0.2) is 9.55 Å². The first kappa shape index (κ1) is 15.8. The van der Waals surface area contributed by atoms with Crippen molar-refractivity contribution in [2.24, 2.45) is 0 Å². The number of imidazole rings is 1. The van der Waals surface area contributed by atoms with Gasteiger partial charge >= 0.3 is 6.30 Å². The molecule has 0 radical (unpaired) electrons. The van der Waals surface area contributed by atoms with Gasteiger partial charge in [0.05, 0.1) is 0 Å². The van der Waals surface area contributed by atoms with Gasteiger partial charge in [-0.3, -0.25) is 0 Å². The zero-order chi connectivity index (χ0) is 16.6. The van der Waals surface area contributed by atoms with Gasteiger partial charge in [0.1, 0.15) is 6.33 Å². The van der Waals surface area contributed by atoms with E-state index in [-0.39, 0.29) is 21.2 Å². The highest BCUT2D eigenvalue weighted by Gasteiger charge is 2.33. The van der Waals surface area contributed by atoms with E-state index in [1.807, 2.05) is 0 Å². The molecule has 3 aromatic rings. The van der Waals surface area contributed by atoms with Crippen molar-refractivity contribution < 1.29 is 13.2 Å². The molecule has 0 amide bonds. The SMILES string of the molecule is FC(F)(F)n1cnc2c(NCc3ccc(Cl)cc3)nc(Cl)nc21. The molecule has 0 fully saturated rings. The number of nitrogens with one attached hydrogen (secondary N) is 1.